The number of hydrogen-bond donors (Lipinski definition) is 0. The molecule has 1 saturated heterocycles. The summed E-state index contributed by atoms with van der Waals surface area (Å²) in [6, 6.07) is 24.9. The van der Waals surface area contributed by atoms with E-state index in [0.717, 1.165) is 17.1 Å². The van der Waals surface area contributed by atoms with Crippen LogP contribution in [0.5, 0.6) is 23.0 Å². The molecule has 0 amide bonds. The summed E-state index contributed by atoms with van der Waals surface area (Å²) in [7, 11) is -0.236. The third-order valence-corrected chi connectivity index (χ3v) is 4.95. The maximum atomic E-state index is 10.7. The second-order valence-corrected chi connectivity index (χ2v) is 7.55. The molecular formula is C22H21O6PY-2. The van der Waals surface area contributed by atoms with Gasteiger partial charge in [0.25, 0.3) is 0 Å². The molecule has 0 N–H and O–H groups in total. The minimum absolute atomic E-state index is 0. The quantitative estimate of drug-likeness (QED) is 0.298. The van der Waals surface area contributed by atoms with Crippen molar-refractivity contribution in [2.45, 2.75) is 0 Å². The third kappa shape index (κ3) is 7.88. The van der Waals surface area contributed by atoms with Crippen molar-refractivity contribution >= 4 is 7.82 Å². The molecule has 30 heavy (non-hydrogen) atoms. The van der Waals surface area contributed by atoms with Crippen LogP contribution in [0.1, 0.15) is 5.56 Å². The number of phosphoric acid groups is 1. The van der Waals surface area contributed by atoms with Crippen LogP contribution < -0.4 is 9.47 Å². The minimum Gasteiger partial charge on any atom is -0.470 e. The molecule has 6 nitrogen and oxygen atoms in total. The number of rotatable bonds is 5. The van der Waals surface area contributed by atoms with Crippen molar-refractivity contribution in [1.29, 1.82) is 0 Å². The van der Waals surface area contributed by atoms with E-state index in [1.54, 1.807) is 0 Å². The topological polar surface area (TPSA) is 63.2 Å². The van der Waals surface area contributed by atoms with Gasteiger partial charge >= 0.3 is 7.82 Å². The van der Waals surface area contributed by atoms with Crippen LogP contribution in [-0.4, -0.2) is 13.2 Å². The Morgan fingerprint density at radius 1 is 0.733 bits per heavy atom. The molecule has 1 heterocycles. The van der Waals surface area contributed by atoms with Crippen LogP contribution in [0.4, 0.5) is 0 Å². The predicted octanol–water partition coefficient (Wildman–Crippen LogP) is 6.40. The van der Waals surface area contributed by atoms with E-state index >= 15 is 0 Å². The van der Waals surface area contributed by atoms with Crippen molar-refractivity contribution in [3.05, 3.63) is 98.5 Å². The molecule has 155 valence electrons. The summed E-state index contributed by atoms with van der Waals surface area (Å²) in [6.07, 6.45) is 0. The van der Waals surface area contributed by atoms with Gasteiger partial charge in [0.15, 0.2) is 0 Å². The summed E-state index contributed by atoms with van der Waals surface area (Å²) in [5, 5.41) is 0. The number of para-hydroxylation sites is 2. The van der Waals surface area contributed by atoms with Crippen LogP contribution in [0.25, 0.3) is 0 Å². The molecule has 0 atom stereocenters. The summed E-state index contributed by atoms with van der Waals surface area (Å²) < 4.78 is 35.5. The van der Waals surface area contributed by atoms with E-state index in [9.17, 15) is 4.57 Å². The van der Waals surface area contributed by atoms with Crippen molar-refractivity contribution in [2.75, 3.05) is 13.2 Å². The van der Waals surface area contributed by atoms with Crippen LogP contribution >= 0.6 is 7.82 Å². The number of ether oxygens (including phenoxy) is 2. The van der Waals surface area contributed by atoms with Crippen LogP contribution in [0.2, 0.25) is 0 Å². The van der Waals surface area contributed by atoms with Gasteiger partial charge in [0.05, 0.1) is 24.7 Å². The fourth-order valence-electron chi connectivity index (χ4n) is 2.41. The number of phosphoric ester groups is 1. The van der Waals surface area contributed by atoms with E-state index in [-0.39, 0.29) is 32.7 Å². The van der Waals surface area contributed by atoms with Crippen LogP contribution in [0.15, 0.2) is 78.9 Å². The van der Waals surface area contributed by atoms with E-state index in [1.165, 1.54) is 0 Å². The third-order valence-electron chi connectivity index (χ3n) is 3.64. The Labute approximate surface area is 202 Å². The van der Waals surface area contributed by atoms with Crippen molar-refractivity contribution in [2.24, 2.45) is 0 Å². The zero-order chi connectivity index (χ0) is 20.5. The van der Waals surface area contributed by atoms with Crippen molar-refractivity contribution in [1.82, 2.24) is 0 Å². The molecule has 1 aliphatic heterocycles. The standard InChI is InChI=1S/C19H15O2.C3H6O4P.Y/c1-15-12-18(20-16-8-4-2-5-9-16)14-19(13-15)21-17-10-6-3-7-11-17;1-5-8(4)6-2-3-7-8;/h2-14H,1H2;1-3H2;/q2*-1;. The molecule has 4 rings (SSSR count). The normalized spacial score (nSPS) is 14.0. The monoisotopic (exact) mass is 501 g/mol. The Bertz CT molecular complexity index is 883. The van der Waals surface area contributed by atoms with E-state index in [1.807, 2.05) is 78.9 Å². The van der Waals surface area contributed by atoms with Crippen molar-refractivity contribution < 1.29 is 60.3 Å². The average Bonchev–Trinajstić information content (AvgIpc) is 3.17. The fraction of sp³-hybridized carbons (Fsp3) is 0.0909. The first kappa shape index (κ1) is 24.6. The van der Waals surface area contributed by atoms with Gasteiger partial charge in [-0.15, -0.1) is 12.1 Å². The van der Waals surface area contributed by atoms with Gasteiger partial charge in [0.1, 0.15) is 11.5 Å². The molecule has 0 unspecified atom stereocenters. The Hall–Kier alpha value is -1.66. The van der Waals surface area contributed by atoms with Gasteiger partial charge in [-0.05, 0) is 30.3 Å². The molecule has 0 saturated carbocycles. The zero-order valence-electron chi connectivity index (χ0n) is 16.3. The molecule has 0 bridgehead atoms. The molecule has 0 aliphatic carbocycles. The van der Waals surface area contributed by atoms with Crippen LogP contribution in [0.3, 0.4) is 0 Å². The van der Waals surface area contributed by atoms with Crippen molar-refractivity contribution in [3.63, 3.8) is 0 Å². The molecule has 0 spiro atoms. The van der Waals surface area contributed by atoms with Gasteiger partial charge in [0.2, 0.25) is 0 Å². The van der Waals surface area contributed by atoms with E-state index < -0.39 is 7.82 Å². The maximum absolute atomic E-state index is 10.7. The summed E-state index contributed by atoms with van der Waals surface area (Å²) in [4.78, 5) is 0. The molecule has 3 aromatic rings. The van der Waals surface area contributed by atoms with E-state index in [2.05, 4.69) is 27.6 Å². The SMILES string of the molecule is [CH2-]OP1(=O)OCCO1.[CH2-]c1cc(Oc2ccccc2)cc(Oc2ccccc2)c1.[Y]. The first-order chi connectivity index (χ1) is 14.1. The largest absolute Gasteiger partial charge is 0.470 e. The van der Waals surface area contributed by atoms with Gasteiger partial charge in [-0.1, -0.05) is 36.4 Å². The molecule has 1 radical (unpaired) electrons. The molecule has 1 fully saturated rings. The Morgan fingerprint density at radius 2 is 1.17 bits per heavy atom. The van der Waals surface area contributed by atoms with Crippen LogP contribution in [0, 0.1) is 14.0 Å². The summed E-state index contributed by atoms with van der Waals surface area (Å²) in [5.74, 6) is 2.99. The molecule has 1 aliphatic rings. The second kappa shape index (κ2) is 12.3. The summed E-state index contributed by atoms with van der Waals surface area (Å²) in [6.45, 7) is 4.62. The first-order valence-corrected chi connectivity index (χ1v) is 10.3. The fourth-order valence-corrected chi connectivity index (χ4v) is 3.23. The summed E-state index contributed by atoms with van der Waals surface area (Å²) >= 11 is 0. The van der Waals surface area contributed by atoms with Gasteiger partial charge < -0.3 is 14.0 Å². The van der Waals surface area contributed by atoms with E-state index in [0.29, 0.717) is 24.7 Å². The second-order valence-electron chi connectivity index (χ2n) is 5.89. The number of benzene rings is 3. The summed E-state index contributed by atoms with van der Waals surface area (Å²) in [5.41, 5.74) is 0.842. The first-order valence-electron chi connectivity index (χ1n) is 8.82. The van der Waals surface area contributed by atoms with E-state index in [4.69, 9.17) is 9.47 Å². The van der Waals surface area contributed by atoms with Crippen molar-refractivity contribution in [3.8, 4) is 23.0 Å². The van der Waals surface area contributed by atoms with Gasteiger partial charge in [-0.2, -0.15) is 12.5 Å². The van der Waals surface area contributed by atoms with Gasteiger partial charge in [0, 0.05) is 32.7 Å². The maximum Gasteiger partial charge on any atom is 0.444 e. The minimum atomic E-state index is -3.16. The van der Waals surface area contributed by atoms with Gasteiger partial charge in [-0.3, -0.25) is 9.05 Å². The van der Waals surface area contributed by atoms with Gasteiger partial charge in [-0.25, -0.2) is 11.7 Å². The zero-order valence-corrected chi connectivity index (χ0v) is 20.0. The molecule has 3 aromatic carbocycles. The number of hydrogen-bond acceptors (Lipinski definition) is 6. The Morgan fingerprint density at radius 3 is 1.53 bits per heavy atom. The predicted molar refractivity (Wildman–Crippen MR) is 110 cm³/mol. The smallest absolute Gasteiger partial charge is 0.444 e. The molecule has 8 heteroatoms. The van der Waals surface area contributed by atoms with Crippen LogP contribution in [-0.2, 0) is 50.8 Å². The molecular weight excluding hydrogens is 480 g/mol. The Kier molecular flexibility index (Phi) is 10.1. The Balaban J connectivity index is 0.000000302. The molecule has 0 aromatic heterocycles. The average molecular weight is 501 g/mol.